The lowest BCUT2D eigenvalue weighted by Gasteiger charge is -2.28. The van der Waals surface area contributed by atoms with Gasteiger partial charge in [-0.25, -0.2) is 4.98 Å². The standard InChI is InChI=1S/C19H20N4O/c24-19-15-7-9-23(11-16(15)21-18(22-19)13-4-5-13)10-14-3-1-2-12-6-8-20-17(12)14/h1-3,6,8,13,20H,4-5,7,9-11H2,(H,21,22,24). The molecule has 2 N–H and O–H groups in total. The lowest BCUT2D eigenvalue weighted by Crippen LogP contribution is -2.35. The van der Waals surface area contributed by atoms with Crippen molar-refractivity contribution in [2.75, 3.05) is 6.54 Å². The molecule has 1 saturated carbocycles. The predicted molar refractivity (Wildman–Crippen MR) is 92.9 cm³/mol. The second-order valence-electron chi connectivity index (χ2n) is 6.97. The number of aromatic nitrogens is 3. The number of nitrogens with zero attached hydrogens (tertiary/aromatic N) is 2. The first kappa shape index (κ1) is 14.0. The monoisotopic (exact) mass is 320 g/mol. The molecule has 5 nitrogen and oxygen atoms in total. The summed E-state index contributed by atoms with van der Waals surface area (Å²) in [6, 6.07) is 8.52. The van der Waals surface area contributed by atoms with E-state index in [1.807, 2.05) is 6.20 Å². The van der Waals surface area contributed by atoms with Crippen molar-refractivity contribution in [1.29, 1.82) is 0 Å². The molecule has 0 unspecified atom stereocenters. The van der Waals surface area contributed by atoms with Gasteiger partial charge in [0.2, 0.25) is 0 Å². The highest BCUT2D eigenvalue weighted by atomic mass is 16.1. The Hall–Kier alpha value is -2.40. The third-order valence-corrected chi connectivity index (χ3v) is 5.20. The fraction of sp³-hybridized carbons (Fsp3) is 0.368. The highest BCUT2D eigenvalue weighted by Crippen LogP contribution is 2.37. The number of para-hydroxylation sites is 1. The van der Waals surface area contributed by atoms with Crippen LogP contribution in [0, 0.1) is 0 Å². The predicted octanol–water partition coefficient (Wildman–Crippen LogP) is 2.69. The molecule has 0 spiro atoms. The van der Waals surface area contributed by atoms with Crippen LogP contribution in [0.15, 0.2) is 35.3 Å². The molecule has 0 atom stereocenters. The summed E-state index contributed by atoms with van der Waals surface area (Å²) >= 11 is 0. The molecule has 0 amide bonds. The Morgan fingerprint density at radius 1 is 1.25 bits per heavy atom. The Balaban J connectivity index is 1.44. The molecular weight excluding hydrogens is 300 g/mol. The van der Waals surface area contributed by atoms with Gasteiger partial charge in [-0.3, -0.25) is 9.69 Å². The number of benzene rings is 1. The fourth-order valence-corrected chi connectivity index (χ4v) is 3.72. The van der Waals surface area contributed by atoms with Crippen LogP contribution in [0.25, 0.3) is 10.9 Å². The topological polar surface area (TPSA) is 64.8 Å². The summed E-state index contributed by atoms with van der Waals surface area (Å²) in [6.07, 6.45) is 5.08. The van der Waals surface area contributed by atoms with E-state index in [2.05, 4.69) is 39.1 Å². The van der Waals surface area contributed by atoms with Gasteiger partial charge in [0.25, 0.3) is 5.56 Å². The molecule has 5 rings (SSSR count). The summed E-state index contributed by atoms with van der Waals surface area (Å²) in [7, 11) is 0. The highest BCUT2D eigenvalue weighted by Gasteiger charge is 2.29. The van der Waals surface area contributed by atoms with Gasteiger partial charge in [-0.15, -0.1) is 0 Å². The van der Waals surface area contributed by atoms with Gasteiger partial charge in [-0.1, -0.05) is 18.2 Å². The molecule has 24 heavy (non-hydrogen) atoms. The lowest BCUT2D eigenvalue weighted by molar-refractivity contribution is 0.240. The van der Waals surface area contributed by atoms with E-state index in [9.17, 15) is 4.79 Å². The van der Waals surface area contributed by atoms with Crippen LogP contribution in [0.2, 0.25) is 0 Å². The van der Waals surface area contributed by atoms with Crippen molar-refractivity contribution in [3.8, 4) is 0 Å². The normalized spacial score (nSPS) is 18.0. The van der Waals surface area contributed by atoms with Crippen molar-refractivity contribution in [3.63, 3.8) is 0 Å². The van der Waals surface area contributed by atoms with E-state index in [1.54, 1.807) is 0 Å². The molecule has 1 fully saturated rings. The number of hydrogen-bond acceptors (Lipinski definition) is 3. The maximum atomic E-state index is 12.3. The van der Waals surface area contributed by atoms with Gasteiger partial charge < -0.3 is 9.97 Å². The van der Waals surface area contributed by atoms with Gasteiger partial charge in [-0.2, -0.15) is 0 Å². The van der Waals surface area contributed by atoms with Crippen molar-refractivity contribution >= 4 is 10.9 Å². The Bertz CT molecular complexity index is 967. The van der Waals surface area contributed by atoms with Gasteiger partial charge in [0.15, 0.2) is 0 Å². The first-order valence-electron chi connectivity index (χ1n) is 8.67. The Morgan fingerprint density at radius 3 is 3.04 bits per heavy atom. The Kier molecular flexibility index (Phi) is 3.10. The van der Waals surface area contributed by atoms with Crippen LogP contribution in [-0.4, -0.2) is 26.4 Å². The highest BCUT2D eigenvalue weighted by molar-refractivity contribution is 5.82. The molecule has 0 saturated heterocycles. The van der Waals surface area contributed by atoms with Crippen LogP contribution >= 0.6 is 0 Å². The van der Waals surface area contributed by atoms with Gasteiger partial charge in [-0.05, 0) is 36.3 Å². The summed E-state index contributed by atoms with van der Waals surface area (Å²) in [5, 5.41) is 1.25. The Labute approximate surface area is 139 Å². The maximum absolute atomic E-state index is 12.3. The second-order valence-corrected chi connectivity index (χ2v) is 6.97. The van der Waals surface area contributed by atoms with Crippen molar-refractivity contribution in [3.05, 3.63) is 63.5 Å². The molecule has 1 aromatic carbocycles. The molecule has 122 valence electrons. The minimum Gasteiger partial charge on any atom is -0.361 e. The van der Waals surface area contributed by atoms with Crippen molar-refractivity contribution in [2.45, 2.75) is 38.3 Å². The molecular formula is C19H20N4O. The molecule has 2 aromatic heterocycles. The first-order chi connectivity index (χ1) is 11.8. The third-order valence-electron chi connectivity index (χ3n) is 5.20. The molecule has 5 heteroatoms. The van der Waals surface area contributed by atoms with E-state index in [4.69, 9.17) is 4.98 Å². The molecule has 3 aromatic rings. The molecule has 3 heterocycles. The summed E-state index contributed by atoms with van der Waals surface area (Å²) in [5.74, 6) is 1.37. The number of rotatable bonds is 3. The van der Waals surface area contributed by atoms with Gasteiger partial charge >= 0.3 is 0 Å². The maximum Gasteiger partial charge on any atom is 0.254 e. The molecule has 1 aliphatic heterocycles. The number of H-pyrrole nitrogens is 2. The van der Waals surface area contributed by atoms with E-state index in [0.717, 1.165) is 56.0 Å². The average molecular weight is 320 g/mol. The smallest absolute Gasteiger partial charge is 0.254 e. The van der Waals surface area contributed by atoms with Gasteiger partial charge in [0.1, 0.15) is 5.82 Å². The van der Waals surface area contributed by atoms with E-state index in [0.29, 0.717) is 5.92 Å². The zero-order valence-electron chi connectivity index (χ0n) is 13.5. The molecule has 0 bridgehead atoms. The molecule has 2 aliphatic rings. The van der Waals surface area contributed by atoms with Crippen LogP contribution < -0.4 is 5.56 Å². The van der Waals surface area contributed by atoms with E-state index >= 15 is 0 Å². The van der Waals surface area contributed by atoms with E-state index in [-0.39, 0.29) is 5.56 Å². The minimum absolute atomic E-state index is 0.0769. The van der Waals surface area contributed by atoms with Gasteiger partial charge in [0.05, 0.1) is 5.69 Å². The fourth-order valence-electron chi connectivity index (χ4n) is 3.72. The Morgan fingerprint density at radius 2 is 2.17 bits per heavy atom. The zero-order chi connectivity index (χ0) is 16.1. The zero-order valence-corrected chi connectivity index (χ0v) is 13.5. The number of aromatic amines is 2. The number of hydrogen-bond donors (Lipinski definition) is 2. The lowest BCUT2D eigenvalue weighted by atomic mass is 10.0. The number of fused-ring (bicyclic) bond motifs is 2. The SMILES string of the molecule is O=c1[nH]c(C2CC2)nc2c1CCN(Cc1cccc3cc[nH]c13)C2. The quantitative estimate of drug-likeness (QED) is 0.780. The number of nitrogens with one attached hydrogen (secondary N) is 2. The van der Waals surface area contributed by atoms with Crippen molar-refractivity contribution < 1.29 is 0 Å². The summed E-state index contributed by atoms with van der Waals surface area (Å²) in [6.45, 7) is 2.54. The van der Waals surface area contributed by atoms with Gasteiger partial charge in [0, 0.05) is 42.8 Å². The first-order valence-corrected chi connectivity index (χ1v) is 8.67. The van der Waals surface area contributed by atoms with Crippen molar-refractivity contribution in [2.24, 2.45) is 0 Å². The summed E-state index contributed by atoms with van der Waals surface area (Å²) in [4.78, 5) is 25.8. The second kappa shape index (κ2) is 5.31. The molecule has 1 aliphatic carbocycles. The van der Waals surface area contributed by atoms with Crippen LogP contribution in [-0.2, 0) is 19.5 Å². The van der Waals surface area contributed by atoms with Crippen LogP contribution in [0.4, 0.5) is 0 Å². The van der Waals surface area contributed by atoms with Crippen molar-refractivity contribution in [1.82, 2.24) is 19.9 Å². The minimum atomic E-state index is 0.0769. The summed E-state index contributed by atoms with van der Waals surface area (Å²) in [5.41, 5.74) is 4.45. The van der Waals surface area contributed by atoms with E-state index in [1.165, 1.54) is 16.5 Å². The molecule has 0 radical (unpaired) electrons. The largest absolute Gasteiger partial charge is 0.361 e. The van der Waals surface area contributed by atoms with E-state index < -0.39 is 0 Å². The van der Waals surface area contributed by atoms with Crippen LogP contribution in [0.5, 0.6) is 0 Å². The third kappa shape index (κ3) is 2.36. The summed E-state index contributed by atoms with van der Waals surface area (Å²) < 4.78 is 0. The van der Waals surface area contributed by atoms with Crippen LogP contribution in [0.3, 0.4) is 0 Å². The average Bonchev–Trinajstić information content (AvgIpc) is 3.32. The van der Waals surface area contributed by atoms with Crippen LogP contribution in [0.1, 0.15) is 41.4 Å².